The van der Waals surface area contributed by atoms with E-state index in [1.54, 1.807) is 0 Å². The summed E-state index contributed by atoms with van der Waals surface area (Å²) in [4.78, 5) is 0. The summed E-state index contributed by atoms with van der Waals surface area (Å²) in [5.74, 6) is 0. The van der Waals surface area contributed by atoms with Crippen molar-refractivity contribution in [3.05, 3.63) is 42.1 Å². The van der Waals surface area contributed by atoms with Gasteiger partial charge in [-0.3, -0.25) is 4.68 Å². The number of ether oxygens (including phenoxy) is 1. The number of hydrogen-bond acceptors (Lipinski definition) is 2. The molecule has 15 heavy (non-hydrogen) atoms. The van der Waals surface area contributed by atoms with Gasteiger partial charge in [0.1, 0.15) is 6.10 Å². The van der Waals surface area contributed by atoms with Crippen LogP contribution in [0.25, 0.3) is 11.3 Å². The molecule has 2 aromatic rings. The Balaban J connectivity index is 2.02. The Morgan fingerprint density at radius 3 is 2.73 bits per heavy atom. The maximum atomic E-state index is 5.26. The molecule has 3 heteroatoms. The number of aromatic nitrogens is 2. The molecule has 0 unspecified atom stereocenters. The SMILES string of the molecule is Cn1nc(-c2ccccc2)cc1[C@@H]1CO1. The van der Waals surface area contributed by atoms with Crippen molar-refractivity contribution in [3.8, 4) is 11.3 Å². The number of epoxide rings is 1. The second-order valence-electron chi connectivity index (χ2n) is 3.77. The van der Waals surface area contributed by atoms with Gasteiger partial charge in [-0.15, -0.1) is 0 Å². The first-order chi connectivity index (χ1) is 7.34. The number of hydrogen-bond donors (Lipinski definition) is 0. The minimum absolute atomic E-state index is 0.264. The Bertz CT molecular complexity index is 472. The molecule has 1 aliphatic rings. The monoisotopic (exact) mass is 200 g/mol. The molecule has 0 spiro atoms. The molecule has 3 nitrogen and oxygen atoms in total. The predicted octanol–water partition coefficient (Wildman–Crippen LogP) is 2.16. The second-order valence-corrected chi connectivity index (χ2v) is 3.77. The Kier molecular flexibility index (Phi) is 1.86. The van der Waals surface area contributed by atoms with Gasteiger partial charge in [-0.2, -0.15) is 5.10 Å². The molecule has 0 saturated carbocycles. The summed E-state index contributed by atoms with van der Waals surface area (Å²) in [5.41, 5.74) is 3.33. The van der Waals surface area contributed by atoms with Crippen molar-refractivity contribution in [2.75, 3.05) is 6.61 Å². The third kappa shape index (κ3) is 1.55. The Morgan fingerprint density at radius 1 is 1.33 bits per heavy atom. The van der Waals surface area contributed by atoms with Crippen molar-refractivity contribution in [3.63, 3.8) is 0 Å². The Labute approximate surface area is 88.3 Å². The average Bonchev–Trinajstić information content (AvgIpc) is 3.04. The fourth-order valence-corrected chi connectivity index (χ4v) is 1.75. The number of benzene rings is 1. The summed E-state index contributed by atoms with van der Waals surface area (Å²) in [5, 5.41) is 4.48. The molecule has 0 bridgehead atoms. The van der Waals surface area contributed by atoms with E-state index >= 15 is 0 Å². The van der Waals surface area contributed by atoms with Gasteiger partial charge in [0.2, 0.25) is 0 Å². The van der Waals surface area contributed by atoms with E-state index in [0.29, 0.717) is 0 Å². The van der Waals surface area contributed by atoms with E-state index in [0.717, 1.165) is 23.6 Å². The van der Waals surface area contributed by atoms with Crippen LogP contribution in [0.1, 0.15) is 11.8 Å². The van der Waals surface area contributed by atoms with Gasteiger partial charge in [-0.1, -0.05) is 30.3 Å². The minimum Gasteiger partial charge on any atom is -0.366 e. The topological polar surface area (TPSA) is 30.4 Å². The highest BCUT2D eigenvalue weighted by Gasteiger charge is 2.28. The van der Waals surface area contributed by atoms with E-state index in [1.165, 1.54) is 0 Å². The van der Waals surface area contributed by atoms with Crippen LogP contribution in [0.3, 0.4) is 0 Å². The molecule has 1 saturated heterocycles. The van der Waals surface area contributed by atoms with Gasteiger partial charge in [-0.05, 0) is 6.07 Å². The molecule has 0 N–H and O–H groups in total. The molecule has 1 atom stereocenters. The lowest BCUT2D eigenvalue weighted by Gasteiger charge is -1.94. The van der Waals surface area contributed by atoms with E-state index in [1.807, 2.05) is 29.9 Å². The van der Waals surface area contributed by atoms with Gasteiger partial charge < -0.3 is 4.74 Å². The molecule has 1 aromatic carbocycles. The standard InChI is InChI=1S/C12H12N2O/c1-14-11(12-8-15-12)7-10(13-14)9-5-3-2-4-6-9/h2-7,12H,8H2,1H3/t12-/m0/s1. The summed E-state index contributed by atoms with van der Waals surface area (Å²) in [7, 11) is 1.96. The first-order valence-corrected chi connectivity index (χ1v) is 5.05. The molecule has 0 amide bonds. The van der Waals surface area contributed by atoms with Crippen molar-refractivity contribution in [1.82, 2.24) is 9.78 Å². The largest absolute Gasteiger partial charge is 0.366 e. The van der Waals surface area contributed by atoms with Gasteiger partial charge >= 0.3 is 0 Å². The third-order valence-corrected chi connectivity index (χ3v) is 2.65. The highest BCUT2D eigenvalue weighted by molar-refractivity contribution is 5.59. The van der Waals surface area contributed by atoms with Crippen LogP contribution in [0.5, 0.6) is 0 Å². The smallest absolute Gasteiger partial charge is 0.123 e. The molecule has 3 rings (SSSR count). The van der Waals surface area contributed by atoms with E-state index in [4.69, 9.17) is 4.74 Å². The maximum Gasteiger partial charge on any atom is 0.123 e. The van der Waals surface area contributed by atoms with E-state index in [9.17, 15) is 0 Å². The second kappa shape index (κ2) is 3.21. The lowest BCUT2D eigenvalue weighted by atomic mass is 10.1. The summed E-state index contributed by atoms with van der Waals surface area (Å²) in [6, 6.07) is 12.3. The van der Waals surface area contributed by atoms with Crippen molar-refractivity contribution in [2.24, 2.45) is 7.05 Å². The van der Waals surface area contributed by atoms with E-state index in [-0.39, 0.29) is 6.10 Å². The Morgan fingerprint density at radius 2 is 2.07 bits per heavy atom. The quantitative estimate of drug-likeness (QED) is 0.695. The van der Waals surface area contributed by atoms with Crippen molar-refractivity contribution >= 4 is 0 Å². The molecule has 1 aromatic heterocycles. The molecule has 76 valence electrons. The molecule has 1 aliphatic heterocycles. The molecular weight excluding hydrogens is 188 g/mol. The van der Waals surface area contributed by atoms with Crippen LogP contribution >= 0.6 is 0 Å². The van der Waals surface area contributed by atoms with Crippen LogP contribution in [-0.2, 0) is 11.8 Å². The molecule has 0 radical (unpaired) electrons. The van der Waals surface area contributed by atoms with Crippen LogP contribution < -0.4 is 0 Å². The van der Waals surface area contributed by atoms with Crippen LogP contribution in [-0.4, -0.2) is 16.4 Å². The number of nitrogens with zero attached hydrogens (tertiary/aromatic N) is 2. The van der Waals surface area contributed by atoms with Crippen LogP contribution in [0.4, 0.5) is 0 Å². The fourth-order valence-electron chi connectivity index (χ4n) is 1.75. The molecular formula is C12H12N2O. The number of rotatable bonds is 2. The van der Waals surface area contributed by atoms with Crippen LogP contribution in [0, 0.1) is 0 Å². The zero-order chi connectivity index (χ0) is 10.3. The molecule has 2 heterocycles. The predicted molar refractivity (Wildman–Crippen MR) is 57.3 cm³/mol. The van der Waals surface area contributed by atoms with Crippen molar-refractivity contribution in [1.29, 1.82) is 0 Å². The third-order valence-electron chi connectivity index (χ3n) is 2.65. The van der Waals surface area contributed by atoms with Gasteiger partial charge in [0, 0.05) is 12.6 Å². The van der Waals surface area contributed by atoms with E-state index < -0.39 is 0 Å². The fraction of sp³-hybridized carbons (Fsp3) is 0.250. The van der Waals surface area contributed by atoms with E-state index in [2.05, 4.69) is 23.3 Å². The minimum atomic E-state index is 0.264. The van der Waals surface area contributed by atoms with Crippen LogP contribution in [0.15, 0.2) is 36.4 Å². The summed E-state index contributed by atoms with van der Waals surface area (Å²) in [6.07, 6.45) is 0.264. The average molecular weight is 200 g/mol. The number of aryl methyl sites for hydroxylation is 1. The first kappa shape index (κ1) is 8.68. The van der Waals surface area contributed by atoms with Gasteiger partial charge in [-0.25, -0.2) is 0 Å². The highest BCUT2D eigenvalue weighted by atomic mass is 16.6. The van der Waals surface area contributed by atoms with Gasteiger partial charge in [0.15, 0.2) is 0 Å². The van der Waals surface area contributed by atoms with Gasteiger partial charge in [0.05, 0.1) is 18.0 Å². The lowest BCUT2D eigenvalue weighted by molar-refractivity contribution is 0.404. The molecule has 1 fully saturated rings. The normalized spacial score (nSPS) is 19.1. The highest BCUT2D eigenvalue weighted by Crippen LogP contribution is 2.31. The zero-order valence-corrected chi connectivity index (χ0v) is 8.55. The summed E-state index contributed by atoms with van der Waals surface area (Å²) in [6.45, 7) is 0.827. The Hall–Kier alpha value is -1.61. The zero-order valence-electron chi connectivity index (χ0n) is 8.55. The van der Waals surface area contributed by atoms with Crippen molar-refractivity contribution in [2.45, 2.75) is 6.10 Å². The van der Waals surface area contributed by atoms with Crippen LogP contribution in [0.2, 0.25) is 0 Å². The van der Waals surface area contributed by atoms with Crippen molar-refractivity contribution < 1.29 is 4.74 Å². The summed E-state index contributed by atoms with van der Waals surface area (Å²) >= 11 is 0. The first-order valence-electron chi connectivity index (χ1n) is 5.05. The lowest BCUT2D eigenvalue weighted by Crippen LogP contribution is -1.96. The van der Waals surface area contributed by atoms with Gasteiger partial charge in [0.25, 0.3) is 0 Å². The maximum absolute atomic E-state index is 5.26. The summed E-state index contributed by atoms with van der Waals surface area (Å²) < 4.78 is 7.17. The molecule has 0 aliphatic carbocycles.